The highest BCUT2D eigenvalue weighted by molar-refractivity contribution is 6.31. The lowest BCUT2D eigenvalue weighted by Crippen LogP contribution is -2.31. The number of carbonyl (C=O) groups is 1. The number of amides is 1. The van der Waals surface area contributed by atoms with E-state index >= 15 is 0 Å². The van der Waals surface area contributed by atoms with E-state index in [9.17, 15) is 4.79 Å². The van der Waals surface area contributed by atoms with Gasteiger partial charge in [-0.1, -0.05) is 29.8 Å². The molecule has 1 amide bonds. The van der Waals surface area contributed by atoms with Gasteiger partial charge in [-0.15, -0.1) is 11.6 Å². The first kappa shape index (κ1) is 12.7. The molecular formula is C13H15Cl2NO. The summed E-state index contributed by atoms with van der Waals surface area (Å²) in [6, 6.07) is 7.38. The third-order valence-electron chi connectivity index (χ3n) is 2.94. The Hall–Kier alpha value is -0.730. The Morgan fingerprint density at radius 1 is 1.41 bits per heavy atom. The van der Waals surface area contributed by atoms with Crippen LogP contribution in [0.5, 0.6) is 0 Å². The molecule has 1 N–H and O–H groups in total. The molecule has 0 saturated heterocycles. The SMILES string of the molecule is O=C(Cc1ccccc1Cl)NCC(Cl)C1CC1. The van der Waals surface area contributed by atoms with Crippen molar-refractivity contribution in [3.63, 3.8) is 0 Å². The summed E-state index contributed by atoms with van der Waals surface area (Å²) in [6.07, 6.45) is 2.69. The summed E-state index contributed by atoms with van der Waals surface area (Å²) >= 11 is 12.1. The van der Waals surface area contributed by atoms with Gasteiger partial charge in [0.1, 0.15) is 0 Å². The maximum absolute atomic E-state index is 11.7. The summed E-state index contributed by atoms with van der Waals surface area (Å²) in [7, 11) is 0. The summed E-state index contributed by atoms with van der Waals surface area (Å²) in [4.78, 5) is 11.7. The fourth-order valence-corrected chi connectivity index (χ4v) is 2.24. The molecule has 1 aromatic rings. The van der Waals surface area contributed by atoms with Gasteiger partial charge in [-0.3, -0.25) is 4.79 Å². The minimum Gasteiger partial charge on any atom is -0.354 e. The molecule has 1 saturated carbocycles. The molecule has 0 aromatic heterocycles. The van der Waals surface area contributed by atoms with Crippen LogP contribution >= 0.6 is 23.2 Å². The molecule has 1 aromatic carbocycles. The maximum Gasteiger partial charge on any atom is 0.224 e. The molecule has 0 radical (unpaired) electrons. The highest BCUT2D eigenvalue weighted by atomic mass is 35.5. The van der Waals surface area contributed by atoms with Gasteiger partial charge in [0.15, 0.2) is 0 Å². The first-order valence-electron chi connectivity index (χ1n) is 5.81. The van der Waals surface area contributed by atoms with Gasteiger partial charge in [0.05, 0.1) is 11.8 Å². The lowest BCUT2D eigenvalue weighted by atomic mass is 10.1. The van der Waals surface area contributed by atoms with Crippen LogP contribution in [0.1, 0.15) is 18.4 Å². The standard InChI is InChI=1S/C13H15Cl2NO/c14-11-4-2-1-3-10(11)7-13(17)16-8-12(15)9-5-6-9/h1-4,9,12H,5-8H2,(H,16,17). The summed E-state index contributed by atoms with van der Waals surface area (Å²) in [5.74, 6) is 0.571. The van der Waals surface area contributed by atoms with E-state index in [-0.39, 0.29) is 11.3 Å². The molecule has 2 rings (SSSR count). The molecule has 92 valence electrons. The number of hydrogen-bond donors (Lipinski definition) is 1. The predicted molar refractivity (Wildman–Crippen MR) is 70.5 cm³/mol. The number of rotatable bonds is 5. The molecule has 4 heteroatoms. The third kappa shape index (κ3) is 3.90. The van der Waals surface area contributed by atoms with E-state index in [1.165, 1.54) is 12.8 Å². The number of benzene rings is 1. The Morgan fingerprint density at radius 3 is 2.76 bits per heavy atom. The summed E-state index contributed by atoms with van der Waals surface area (Å²) in [5.41, 5.74) is 0.851. The number of carbonyl (C=O) groups excluding carboxylic acids is 1. The average molecular weight is 272 g/mol. The molecule has 17 heavy (non-hydrogen) atoms. The number of nitrogens with one attached hydrogen (secondary N) is 1. The smallest absolute Gasteiger partial charge is 0.224 e. The van der Waals surface area contributed by atoms with E-state index in [0.717, 1.165) is 5.56 Å². The number of halogens is 2. The van der Waals surface area contributed by atoms with Crippen LogP contribution in [0.15, 0.2) is 24.3 Å². The van der Waals surface area contributed by atoms with Crippen LogP contribution in [-0.2, 0) is 11.2 Å². The average Bonchev–Trinajstić information content (AvgIpc) is 3.13. The Morgan fingerprint density at radius 2 is 2.12 bits per heavy atom. The maximum atomic E-state index is 11.7. The van der Waals surface area contributed by atoms with Gasteiger partial charge < -0.3 is 5.32 Å². The number of alkyl halides is 1. The summed E-state index contributed by atoms with van der Waals surface area (Å²) in [5, 5.41) is 3.56. The second kappa shape index (κ2) is 5.74. The molecule has 1 aliphatic carbocycles. The van der Waals surface area contributed by atoms with E-state index in [1.807, 2.05) is 18.2 Å². The van der Waals surface area contributed by atoms with Crippen LogP contribution in [0.2, 0.25) is 5.02 Å². The largest absolute Gasteiger partial charge is 0.354 e. The molecule has 2 nitrogen and oxygen atoms in total. The predicted octanol–water partition coefficient (Wildman–Crippen LogP) is 3.02. The molecule has 0 bridgehead atoms. The van der Waals surface area contributed by atoms with Crippen molar-refractivity contribution in [2.45, 2.75) is 24.6 Å². The Labute approximate surface area is 111 Å². The molecule has 0 aliphatic heterocycles. The minimum absolute atomic E-state index is 0.0237. The van der Waals surface area contributed by atoms with Crippen molar-refractivity contribution >= 4 is 29.1 Å². The van der Waals surface area contributed by atoms with Crippen molar-refractivity contribution < 1.29 is 4.79 Å². The van der Waals surface area contributed by atoms with Gasteiger partial charge in [0, 0.05) is 11.6 Å². The van der Waals surface area contributed by atoms with Crippen molar-refractivity contribution in [3.05, 3.63) is 34.9 Å². The van der Waals surface area contributed by atoms with Crippen molar-refractivity contribution in [1.82, 2.24) is 5.32 Å². The van der Waals surface area contributed by atoms with E-state index < -0.39 is 0 Å². The van der Waals surface area contributed by atoms with Gasteiger partial charge in [-0.25, -0.2) is 0 Å². The second-order valence-electron chi connectivity index (χ2n) is 4.43. The lowest BCUT2D eigenvalue weighted by molar-refractivity contribution is -0.120. The van der Waals surface area contributed by atoms with Crippen LogP contribution in [-0.4, -0.2) is 17.8 Å². The normalized spacial score (nSPS) is 16.6. The van der Waals surface area contributed by atoms with Gasteiger partial charge in [-0.05, 0) is 30.4 Å². The molecule has 0 heterocycles. The fourth-order valence-electron chi connectivity index (χ4n) is 1.71. The van der Waals surface area contributed by atoms with Crippen molar-refractivity contribution in [1.29, 1.82) is 0 Å². The van der Waals surface area contributed by atoms with Gasteiger partial charge in [0.2, 0.25) is 5.91 Å². The van der Waals surface area contributed by atoms with Crippen molar-refractivity contribution in [2.24, 2.45) is 5.92 Å². The van der Waals surface area contributed by atoms with Gasteiger partial charge in [0.25, 0.3) is 0 Å². The van der Waals surface area contributed by atoms with E-state index in [4.69, 9.17) is 23.2 Å². The molecule has 1 unspecified atom stereocenters. The Kier molecular flexibility index (Phi) is 4.30. The highest BCUT2D eigenvalue weighted by Crippen LogP contribution is 2.35. The van der Waals surface area contributed by atoms with Crippen LogP contribution in [0, 0.1) is 5.92 Å². The van der Waals surface area contributed by atoms with E-state index in [1.54, 1.807) is 6.07 Å². The molecule has 1 aliphatic rings. The van der Waals surface area contributed by atoms with Crippen molar-refractivity contribution in [3.8, 4) is 0 Å². The van der Waals surface area contributed by atoms with Crippen LogP contribution in [0.25, 0.3) is 0 Å². The van der Waals surface area contributed by atoms with E-state index in [2.05, 4.69) is 5.32 Å². The lowest BCUT2D eigenvalue weighted by Gasteiger charge is -2.10. The molecular weight excluding hydrogens is 257 g/mol. The molecule has 1 fully saturated rings. The first-order chi connectivity index (χ1) is 8.16. The molecule has 0 spiro atoms. The van der Waals surface area contributed by atoms with Gasteiger partial charge >= 0.3 is 0 Å². The fraction of sp³-hybridized carbons (Fsp3) is 0.462. The van der Waals surface area contributed by atoms with Crippen LogP contribution in [0.3, 0.4) is 0 Å². The minimum atomic E-state index is -0.0237. The van der Waals surface area contributed by atoms with E-state index in [0.29, 0.717) is 23.9 Å². The van der Waals surface area contributed by atoms with Gasteiger partial charge in [-0.2, -0.15) is 0 Å². The van der Waals surface area contributed by atoms with Crippen LogP contribution in [0.4, 0.5) is 0 Å². The topological polar surface area (TPSA) is 29.1 Å². The Balaban J connectivity index is 1.78. The third-order valence-corrected chi connectivity index (χ3v) is 3.82. The zero-order chi connectivity index (χ0) is 12.3. The highest BCUT2D eigenvalue weighted by Gasteiger charge is 2.29. The quantitative estimate of drug-likeness (QED) is 0.820. The monoisotopic (exact) mass is 271 g/mol. The zero-order valence-electron chi connectivity index (χ0n) is 9.46. The van der Waals surface area contributed by atoms with Crippen LogP contribution < -0.4 is 5.32 Å². The second-order valence-corrected chi connectivity index (χ2v) is 5.39. The first-order valence-corrected chi connectivity index (χ1v) is 6.62. The summed E-state index contributed by atoms with van der Waals surface area (Å²) < 4.78 is 0. The molecule has 1 atom stereocenters. The number of hydrogen-bond acceptors (Lipinski definition) is 1. The Bertz CT molecular complexity index is 404. The van der Waals surface area contributed by atoms with Crippen molar-refractivity contribution in [2.75, 3.05) is 6.54 Å². The summed E-state index contributed by atoms with van der Waals surface area (Å²) in [6.45, 7) is 0.551. The zero-order valence-corrected chi connectivity index (χ0v) is 11.0.